The van der Waals surface area contributed by atoms with Crippen LogP contribution in [-0.2, 0) is 4.79 Å². The zero-order chi connectivity index (χ0) is 22.0. The van der Waals surface area contributed by atoms with Crippen molar-refractivity contribution in [3.8, 4) is 16.3 Å². The normalized spacial score (nSPS) is 11.2. The SMILES string of the molecule is COc1c(Br)cc(Br)cc1C=CC(=O)Nc1ccc(Br)cc1-c1nc2ccccc2s1. The van der Waals surface area contributed by atoms with E-state index in [1.807, 2.05) is 54.6 Å². The zero-order valence-electron chi connectivity index (χ0n) is 16.2. The number of para-hydroxylation sites is 1. The second-order valence-corrected chi connectivity index (χ2v) is 10.2. The van der Waals surface area contributed by atoms with Crippen molar-refractivity contribution in [1.82, 2.24) is 4.98 Å². The Morgan fingerprint density at radius 2 is 1.87 bits per heavy atom. The second kappa shape index (κ2) is 9.65. The molecule has 1 N–H and O–H groups in total. The smallest absolute Gasteiger partial charge is 0.248 e. The molecule has 4 nitrogen and oxygen atoms in total. The first kappa shape index (κ1) is 22.2. The van der Waals surface area contributed by atoms with Gasteiger partial charge in [0.15, 0.2) is 0 Å². The van der Waals surface area contributed by atoms with Crippen molar-refractivity contribution in [2.45, 2.75) is 0 Å². The van der Waals surface area contributed by atoms with Crippen LogP contribution in [0.1, 0.15) is 5.56 Å². The van der Waals surface area contributed by atoms with E-state index in [4.69, 9.17) is 9.72 Å². The quantitative estimate of drug-likeness (QED) is 0.230. The Morgan fingerprint density at radius 3 is 2.65 bits per heavy atom. The van der Waals surface area contributed by atoms with Gasteiger partial charge in [0.05, 0.1) is 27.5 Å². The van der Waals surface area contributed by atoms with Crippen LogP contribution in [-0.4, -0.2) is 18.0 Å². The Balaban J connectivity index is 1.63. The first-order valence-electron chi connectivity index (χ1n) is 9.12. The molecule has 0 unspecified atom stereocenters. The number of halogens is 3. The minimum Gasteiger partial charge on any atom is -0.495 e. The van der Waals surface area contributed by atoms with E-state index in [0.29, 0.717) is 11.4 Å². The number of thiazole rings is 1. The van der Waals surface area contributed by atoms with Gasteiger partial charge in [-0.1, -0.05) is 44.0 Å². The van der Waals surface area contributed by atoms with E-state index >= 15 is 0 Å². The number of amides is 1. The summed E-state index contributed by atoms with van der Waals surface area (Å²) in [5.41, 5.74) is 3.27. The van der Waals surface area contributed by atoms with Gasteiger partial charge in [0.25, 0.3) is 0 Å². The number of ether oxygens (including phenoxy) is 1. The van der Waals surface area contributed by atoms with Gasteiger partial charge in [-0.3, -0.25) is 4.79 Å². The molecule has 0 bridgehead atoms. The van der Waals surface area contributed by atoms with Gasteiger partial charge < -0.3 is 10.1 Å². The monoisotopic (exact) mass is 620 g/mol. The number of nitrogens with one attached hydrogen (secondary N) is 1. The Bertz CT molecular complexity index is 1280. The average molecular weight is 623 g/mol. The van der Waals surface area contributed by atoms with Crippen LogP contribution in [0, 0.1) is 0 Å². The van der Waals surface area contributed by atoms with Crippen LogP contribution in [0.25, 0.3) is 26.9 Å². The highest BCUT2D eigenvalue weighted by molar-refractivity contribution is 9.11. The molecule has 4 aromatic rings. The van der Waals surface area contributed by atoms with Crippen LogP contribution in [0.4, 0.5) is 5.69 Å². The van der Waals surface area contributed by atoms with Crippen LogP contribution in [0.3, 0.4) is 0 Å². The molecular weight excluding hydrogens is 608 g/mol. The van der Waals surface area contributed by atoms with Crippen LogP contribution >= 0.6 is 59.1 Å². The molecule has 0 radical (unpaired) electrons. The molecule has 0 aliphatic carbocycles. The Morgan fingerprint density at radius 1 is 1.06 bits per heavy atom. The van der Waals surface area contributed by atoms with E-state index in [1.54, 1.807) is 24.5 Å². The molecule has 31 heavy (non-hydrogen) atoms. The van der Waals surface area contributed by atoms with E-state index < -0.39 is 0 Å². The fourth-order valence-electron chi connectivity index (χ4n) is 3.05. The molecular formula is C23H15Br3N2O2S. The van der Waals surface area contributed by atoms with Gasteiger partial charge in [-0.25, -0.2) is 4.98 Å². The number of fused-ring (bicyclic) bond motifs is 1. The van der Waals surface area contributed by atoms with Crippen molar-refractivity contribution in [2.24, 2.45) is 0 Å². The summed E-state index contributed by atoms with van der Waals surface area (Å²) in [5.74, 6) is 0.411. The van der Waals surface area contributed by atoms with E-state index in [0.717, 1.165) is 39.8 Å². The zero-order valence-corrected chi connectivity index (χ0v) is 21.7. The fourth-order valence-corrected chi connectivity index (χ4v) is 5.83. The molecule has 0 aliphatic rings. The molecule has 3 aromatic carbocycles. The van der Waals surface area contributed by atoms with Crippen molar-refractivity contribution in [1.29, 1.82) is 0 Å². The van der Waals surface area contributed by atoms with Crippen molar-refractivity contribution in [2.75, 3.05) is 12.4 Å². The lowest BCUT2D eigenvalue weighted by atomic mass is 10.1. The third-order valence-corrected chi connectivity index (χ3v) is 7.03. The fraction of sp³-hybridized carbons (Fsp3) is 0.0435. The predicted molar refractivity (Wildman–Crippen MR) is 139 cm³/mol. The Kier molecular flexibility index (Phi) is 6.91. The summed E-state index contributed by atoms with van der Waals surface area (Å²) in [6.45, 7) is 0. The predicted octanol–water partition coefficient (Wildman–Crippen LogP) is 7.91. The molecule has 4 rings (SSSR count). The highest BCUT2D eigenvalue weighted by Crippen LogP contribution is 2.36. The van der Waals surface area contributed by atoms with Gasteiger partial charge in [0.2, 0.25) is 5.91 Å². The van der Waals surface area contributed by atoms with Gasteiger partial charge in [-0.05, 0) is 64.5 Å². The summed E-state index contributed by atoms with van der Waals surface area (Å²) in [6, 6.07) is 17.5. The summed E-state index contributed by atoms with van der Waals surface area (Å²) >= 11 is 12.1. The summed E-state index contributed by atoms with van der Waals surface area (Å²) in [7, 11) is 1.59. The van der Waals surface area contributed by atoms with E-state index in [1.165, 1.54) is 6.08 Å². The number of methoxy groups -OCH3 is 1. The lowest BCUT2D eigenvalue weighted by Crippen LogP contribution is -2.08. The highest BCUT2D eigenvalue weighted by Gasteiger charge is 2.13. The number of nitrogens with zero attached hydrogens (tertiary/aromatic N) is 1. The molecule has 1 amide bonds. The number of aromatic nitrogens is 1. The lowest BCUT2D eigenvalue weighted by molar-refractivity contribution is -0.111. The van der Waals surface area contributed by atoms with Crippen LogP contribution < -0.4 is 10.1 Å². The summed E-state index contributed by atoms with van der Waals surface area (Å²) in [6.07, 6.45) is 3.21. The first-order valence-corrected chi connectivity index (χ1v) is 12.3. The molecule has 0 aliphatic heterocycles. The topological polar surface area (TPSA) is 51.2 Å². The molecule has 156 valence electrons. The van der Waals surface area contributed by atoms with E-state index in [9.17, 15) is 4.79 Å². The minimum absolute atomic E-state index is 0.247. The average Bonchev–Trinajstić information content (AvgIpc) is 3.17. The molecule has 0 saturated carbocycles. The van der Waals surface area contributed by atoms with Crippen molar-refractivity contribution in [3.63, 3.8) is 0 Å². The molecule has 0 spiro atoms. The molecule has 1 heterocycles. The molecule has 0 fully saturated rings. The first-order chi connectivity index (χ1) is 14.9. The third kappa shape index (κ3) is 5.09. The third-order valence-electron chi connectivity index (χ3n) is 4.42. The summed E-state index contributed by atoms with van der Waals surface area (Å²) in [4.78, 5) is 17.4. The molecule has 0 atom stereocenters. The maximum absolute atomic E-state index is 12.7. The minimum atomic E-state index is -0.247. The number of hydrogen-bond donors (Lipinski definition) is 1. The Hall–Kier alpha value is -2.00. The number of benzene rings is 3. The lowest BCUT2D eigenvalue weighted by Gasteiger charge is -2.10. The van der Waals surface area contributed by atoms with Gasteiger partial charge >= 0.3 is 0 Å². The number of rotatable bonds is 5. The number of carbonyl (C=O) groups excluding carboxylic acids is 1. The van der Waals surface area contributed by atoms with Crippen LogP contribution in [0.15, 0.2) is 74.1 Å². The van der Waals surface area contributed by atoms with Crippen LogP contribution in [0.2, 0.25) is 0 Å². The van der Waals surface area contributed by atoms with Gasteiger partial charge in [0, 0.05) is 26.1 Å². The number of carbonyl (C=O) groups is 1. The maximum atomic E-state index is 12.7. The second-order valence-electron chi connectivity index (χ2n) is 6.51. The largest absolute Gasteiger partial charge is 0.495 e. The van der Waals surface area contributed by atoms with E-state index in [2.05, 4.69) is 53.1 Å². The molecule has 0 saturated heterocycles. The summed E-state index contributed by atoms with van der Waals surface area (Å²) in [5, 5.41) is 3.82. The van der Waals surface area contributed by atoms with Crippen LogP contribution in [0.5, 0.6) is 5.75 Å². The number of hydrogen-bond acceptors (Lipinski definition) is 4. The van der Waals surface area contributed by atoms with Gasteiger partial charge in [0.1, 0.15) is 10.8 Å². The maximum Gasteiger partial charge on any atom is 0.248 e. The van der Waals surface area contributed by atoms with Crippen molar-refractivity contribution >= 4 is 87.0 Å². The Labute approximate surface area is 208 Å². The highest BCUT2D eigenvalue weighted by atomic mass is 79.9. The van der Waals surface area contributed by atoms with Gasteiger partial charge in [-0.15, -0.1) is 11.3 Å². The number of anilines is 1. The summed E-state index contributed by atoms with van der Waals surface area (Å²) < 4.78 is 9.13. The van der Waals surface area contributed by atoms with Gasteiger partial charge in [-0.2, -0.15) is 0 Å². The molecule has 1 aromatic heterocycles. The standard InChI is InChI=1S/C23H15Br3N2O2S/c1-30-22-13(10-15(25)12-17(22)26)6-9-21(29)27-18-8-7-14(24)11-16(18)23-28-19-4-2-3-5-20(19)31-23/h2-12H,1H3,(H,27,29). The van der Waals surface area contributed by atoms with Crippen molar-refractivity contribution in [3.05, 3.63) is 79.7 Å². The van der Waals surface area contributed by atoms with E-state index in [-0.39, 0.29) is 5.91 Å². The molecule has 8 heteroatoms. The van der Waals surface area contributed by atoms with Crippen molar-refractivity contribution < 1.29 is 9.53 Å².